The van der Waals surface area contributed by atoms with Crippen molar-refractivity contribution in [2.24, 2.45) is 5.73 Å². The minimum absolute atomic E-state index is 0.361. The predicted octanol–water partition coefficient (Wildman–Crippen LogP) is 3.00. The van der Waals surface area contributed by atoms with Gasteiger partial charge in [-0.05, 0) is 25.0 Å². The molecule has 0 aromatic carbocycles. The van der Waals surface area contributed by atoms with Crippen molar-refractivity contribution >= 4 is 22.9 Å². The summed E-state index contributed by atoms with van der Waals surface area (Å²) in [6.45, 7) is 0. The van der Waals surface area contributed by atoms with Crippen LogP contribution in [0, 0.1) is 0 Å². The molecule has 3 heteroatoms. The lowest BCUT2D eigenvalue weighted by Crippen LogP contribution is -2.21. The Morgan fingerprint density at radius 1 is 1.42 bits per heavy atom. The van der Waals surface area contributed by atoms with Crippen molar-refractivity contribution in [2.75, 3.05) is 0 Å². The van der Waals surface area contributed by atoms with E-state index in [2.05, 4.69) is 6.07 Å². The van der Waals surface area contributed by atoms with Gasteiger partial charge >= 0.3 is 0 Å². The van der Waals surface area contributed by atoms with Crippen molar-refractivity contribution in [1.29, 1.82) is 0 Å². The van der Waals surface area contributed by atoms with Crippen LogP contribution in [0.15, 0.2) is 12.1 Å². The molecule has 2 N–H and O–H groups in total. The summed E-state index contributed by atoms with van der Waals surface area (Å²) in [6.07, 6.45) is 3.67. The molecule has 1 aromatic heterocycles. The van der Waals surface area contributed by atoms with Crippen LogP contribution in [0.25, 0.3) is 0 Å². The molecule has 1 aliphatic carbocycles. The second kappa shape index (κ2) is 3.36. The van der Waals surface area contributed by atoms with E-state index in [1.54, 1.807) is 11.3 Å². The maximum atomic E-state index is 5.98. The van der Waals surface area contributed by atoms with Gasteiger partial charge in [0.2, 0.25) is 0 Å². The average Bonchev–Trinajstić information content (AvgIpc) is 2.58. The zero-order valence-corrected chi connectivity index (χ0v) is 8.37. The van der Waals surface area contributed by atoms with E-state index in [9.17, 15) is 0 Å². The molecule has 0 spiro atoms. The van der Waals surface area contributed by atoms with Gasteiger partial charge in [0.15, 0.2) is 0 Å². The van der Waals surface area contributed by atoms with E-state index in [-0.39, 0.29) is 0 Å². The number of hydrogen-bond donors (Lipinski definition) is 1. The molecule has 66 valence electrons. The summed E-state index contributed by atoms with van der Waals surface area (Å²) in [4.78, 5) is 1.37. The van der Waals surface area contributed by atoms with Gasteiger partial charge in [-0.3, -0.25) is 0 Å². The van der Waals surface area contributed by atoms with Crippen molar-refractivity contribution in [3.8, 4) is 0 Å². The number of nitrogens with two attached hydrogens (primary N) is 1. The van der Waals surface area contributed by atoms with Crippen molar-refractivity contribution in [1.82, 2.24) is 0 Å². The molecule has 1 aromatic rings. The van der Waals surface area contributed by atoms with Crippen LogP contribution in [0.5, 0.6) is 0 Å². The van der Waals surface area contributed by atoms with E-state index in [1.165, 1.54) is 24.1 Å². The van der Waals surface area contributed by atoms with Gasteiger partial charge in [-0.15, -0.1) is 11.3 Å². The van der Waals surface area contributed by atoms with Gasteiger partial charge in [-0.25, -0.2) is 0 Å². The highest BCUT2D eigenvalue weighted by atomic mass is 35.5. The van der Waals surface area contributed by atoms with E-state index < -0.39 is 0 Å². The van der Waals surface area contributed by atoms with Gasteiger partial charge in [-0.1, -0.05) is 18.0 Å². The summed E-state index contributed by atoms with van der Waals surface area (Å²) in [6, 6.07) is 4.44. The van der Waals surface area contributed by atoms with Crippen LogP contribution in [0.3, 0.4) is 0 Å². The van der Waals surface area contributed by atoms with Gasteiger partial charge in [-0.2, -0.15) is 0 Å². The third-order valence-electron chi connectivity index (χ3n) is 2.53. The largest absolute Gasteiger partial charge is 0.327 e. The number of rotatable bonds is 1. The minimum atomic E-state index is 0.361. The lowest BCUT2D eigenvalue weighted by atomic mass is 10.0. The first-order valence-electron chi connectivity index (χ1n) is 4.28. The smallest absolute Gasteiger partial charge is 0.0931 e. The van der Waals surface area contributed by atoms with E-state index >= 15 is 0 Å². The molecule has 1 saturated carbocycles. The Morgan fingerprint density at radius 2 is 2.25 bits per heavy atom. The first-order chi connectivity index (χ1) is 5.77. The number of thiophene rings is 1. The van der Waals surface area contributed by atoms with Crippen molar-refractivity contribution < 1.29 is 0 Å². The fourth-order valence-electron chi connectivity index (χ4n) is 1.87. The Kier molecular flexibility index (Phi) is 2.40. The molecule has 0 amide bonds. The fourth-order valence-corrected chi connectivity index (χ4v) is 3.14. The monoisotopic (exact) mass is 201 g/mol. The Hall–Kier alpha value is -0.0500. The van der Waals surface area contributed by atoms with Crippen LogP contribution in [-0.2, 0) is 0 Å². The van der Waals surface area contributed by atoms with Gasteiger partial charge in [0.05, 0.1) is 4.34 Å². The van der Waals surface area contributed by atoms with E-state index in [0.29, 0.717) is 12.0 Å². The molecule has 0 bridgehead atoms. The zero-order valence-electron chi connectivity index (χ0n) is 6.79. The fraction of sp³-hybridized carbons (Fsp3) is 0.556. The third kappa shape index (κ3) is 1.51. The van der Waals surface area contributed by atoms with Gasteiger partial charge < -0.3 is 5.73 Å². The van der Waals surface area contributed by atoms with E-state index in [4.69, 9.17) is 17.3 Å². The minimum Gasteiger partial charge on any atom is -0.327 e. The molecule has 1 heterocycles. The molecule has 12 heavy (non-hydrogen) atoms. The maximum Gasteiger partial charge on any atom is 0.0931 e. The first kappa shape index (κ1) is 8.54. The summed E-state index contributed by atoms with van der Waals surface area (Å²) in [5.74, 6) is 0.572. The third-order valence-corrected chi connectivity index (χ3v) is 3.89. The molecule has 2 rings (SSSR count). The van der Waals surface area contributed by atoms with Crippen LogP contribution >= 0.6 is 22.9 Å². The highest BCUT2D eigenvalue weighted by Gasteiger charge is 2.26. The average molecular weight is 202 g/mol. The zero-order chi connectivity index (χ0) is 8.55. The molecule has 0 saturated heterocycles. The van der Waals surface area contributed by atoms with Crippen molar-refractivity contribution in [3.63, 3.8) is 0 Å². The summed E-state index contributed by atoms with van der Waals surface area (Å²) in [5.41, 5.74) is 5.98. The normalized spacial score (nSPS) is 29.5. The predicted molar refractivity (Wildman–Crippen MR) is 53.9 cm³/mol. The molecule has 0 radical (unpaired) electrons. The molecule has 2 unspecified atom stereocenters. The topological polar surface area (TPSA) is 26.0 Å². The van der Waals surface area contributed by atoms with Crippen LogP contribution < -0.4 is 5.73 Å². The van der Waals surface area contributed by atoms with E-state index in [1.807, 2.05) is 6.07 Å². The van der Waals surface area contributed by atoms with Crippen LogP contribution in [-0.4, -0.2) is 6.04 Å². The molecular weight excluding hydrogens is 190 g/mol. The Morgan fingerprint density at radius 3 is 2.75 bits per heavy atom. The highest BCUT2D eigenvalue weighted by Crippen LogP contribution is 2.38. The van der Waals surface area contributed by atoms with Gasteiger partial charge in [0, 0.05) is 16.8 Å². The highest BCUT2D eigenvalue weighted by molar-refractivity contribution is 7.16. The van der Waals surface area contributed by atoms with Crippen LogP contribution in [0.2, 0.25) is 4.34 Å². The lowest BCUT2D eigenvalue weighted by molar-refractivity contribution is 0.622. The maximum absolute atomic E-state index is 5.98. The molecule has 2 atom stereocenters. The summed E-state index contributed by atoms with van der Waals surface area (Å²) in [7, 11) is 0. The SMILES string of the molecule is NC1CCCC1c1ccc(Cl)s1. The van der Waals surface area contributed by atoms with E-state index in [0.717, 1.165) is 4.34 Å². The second-order valence-corrected chi connectivity index (χ2v) is 5.09. The summed E-state index contributed by atoms with van der Waals surface area (Å²) in [5, 5.41) is 0. The van der Waals surface area contributed by atoms with Crippen molar-refractivity contribution in [3.05, 3.63) is 21.3 Å². The van der Waals surface area contributed by atoms with Gasteiger partial charge in [0.1, 0.15) is 0 Å². The quantitative estimate of drug-likeness (QED) is 0.743. The van der Waals surface area contributed by atoms with Crippen LogP contribution in [0.4, 0.5) is 0 Å². The Bertz CT molecular complexity index is 271. The molecular formula is C9H12ClNS. The Balaban J connectivity index is 2.19. The summed E-state index contributed by atoms with van der Waals surface area (Å²) >= 11 is 7.54. The van der Waals surface area contributed by atoms with Gasteiger partial charge in [0.25, 0.3) is 0 Å². The number of halogens is 1. The summed E-state index contributed by atoms with van der Waals surface area (Å²) < 4.78 is 0.879. The standard InChI is InChI=1S/C9H12ClNS/c10-9-5-4-8(12-9)6-2-1-3-7(6)11/h4-7H,1-3,11H2. The first-order valence-corrected chi connectivity index (χ1v) is 5.47. The molecule has 0 aliphatic heterocycles. The molecule has 1 fully saturated rings. The molecule has 1 aliphatic rings. The Labute approximate surface area is 81.5 Å². The van der Waals surface area contributed by atoms with Crippen molar-refractivity contribution in [2.45, 2.75) is 31.2 Å². The second-order valence-electron chi connectivity index (χ2n) is 3.34. The number of hydrogen-bond acceptors (Lipinski definition) is 2. The lowest BCUT2D eigenvalue weighted by Gasteiger charge is -2.12. The molecule has 1 nitrogen and oxygen atoms in total. The van der Waals surface area contributed by atoms with Crippen LogP contribution in [0.1, 0.15) is 30.1 Å².